The molecule has 1 aromatic heterocycles. The first-order chi connectivity index (χ1) is 9.99. The maximum Gasteiger partial charge on any atom is 0.316 e. The summed E-state index contributed by atoms with van der Waals surface area (Å²) in [4.78, 5) is 20.4. The first kappa shape index (κ1) is 15.3. The van der Waals surface area contributed by atoms with Crippen molar-refractivity contribution in [3.05, 3.63) is 46.2 Å². The summed E-state index contributed by atoms with van der Waals surface area (Å²) in [6.45, 7) is 3.60. The molecule has 0 atom stereocenters. The fourth-order valence-electron chi connectivity index (χ4n) is 1.93. The minimum Gasteiger partial charge on any atom is -0.467 e. The number of ether oxygens (including phenoxy) is 1. The highest BCUT2D eigenvalue weighted by Gasteiger charge is 2.12. The van der Waals surface area contributed by atoms with Gasteiger partial charge in [0.25, 0.3) is 0 Å². The number of methoxy groups -OCH3 is 1. The SMILES string of the molecule is COc1nc(C)c(NC(=O)Cc2ccc(Cl)cc2)c(C)n1. The number of anilines is 1. The van der Waals surface area contributed by atoms with Crippen molar-refractivity contribution in [2.45, 2.75) is 20.3 Å². The Labute approximate surface area is 128 Å². The highest BCUT2D eigenvalue weighted by molar-refractivity contribution is 6.30. The van der Waals surface area contributed by atoms with Crippen molar-refractivity contribution in [3.63, 3.8) is 0 Å². The van der Waals surface area contributed by atoms with Crippen LogP contribution in [-0.2, 0) is 11.2 Å². The van der Waals surface area contributed by atoms with E-state index in [1.54, 1.807) is 26.0 Å². The fourth-order valence-corrected chi connectivity index (χ4v) is 2.05. The van der Waals surface area contributed by atoms with Crippen molar-refractivity contribution >= 4 is 23.2 Å². The molecule has 0 radical (unpaired) electrons. The van der Waals surface area contributed by atoms with Gasteiger partial charge in [0.15, 0.2) is 0 Å². The largest absolute Gasteiger partial charge is 0.467 e. The van der Waals surface area contributed by atoms with Crippen LogP contribution in [0.3, 0.4) is 0 Å². The van der Waals surface area contributed by atoms with Crippen LogP contribution >= 0.6 is 11.6 Å². The average molecular weight is 306 g/mol. The van der Waals surface area contributed by atoms with Crippen LogP contribution in [-0.4, -0.2) is 23.0 Å². The number of halogens is 1. The Morgan fingerprint density at radius 2 is 1.76 bits per heavy atom. The number of nitrogens with zero attached hydrogens (tertiary/aromatic N) is 2. The van der Waals surface area contributed by atoms with Crippen molar-refractivity contribution < 1.29 is 9.53 Å². The molecule has 0 bridgehead atoms. The van der Waals surface area contributed by atoms with Crippen LogP contribution in [0.5, 0.6) is 6.01 Å². The van der Waals surface area contributed by atoms with E-state index >= 15 is 0 Å². The summed E-state index contributed by atoms with van der Waals surface area (Å²) < 4.78 is 5.00. The van der Waals surface area contributed by atoms with Crippen LogP contribution in [0.2, 0.25) is 5.02 Å². The number of carbonyl (C=O) groups is 1. The van der Waals surface area contributed by atoms with Gasteiger partial charge in [0, 0.05) is 5.02 Å². The van der Waals surface area contributed by atoms with E-state index in [1.165, 1.54) is 7.11 Å². The number of aryl methyl sites for hydroxylation is 2. The van der Waals surface area contributed by atoms with Gasteiger partial charge in [0.1, 0.15) is 0 Å². The molecular weight excluding hydrogens is 290 g/mol. The van der Waals surface area contributed by atoms with Gasteiger partial charge in [-0.1, -0.05) is 23.7 Å². The number of nitrogens with one attached hydrogen (secondary N) is 1. The smallest absolute Gasteiger partial charge is 0.316 e. The Balaban J connectivity index is 2.11. The van der Waals surface area contributed by atoms with Gasteiger partial charge >= 0.3 is 6.01 Å². The lowest BCUT2D eigenvalue weighted by atomic mass is 10.1. The van der Waals surface area contributed by atoms with Crippen molar-refractivity contribution in [2.75, 3.05) is 12.4 Å². The standard InChI is InChI=1S/C15H16ClN3O2/c1-9-14(10(2)18-15(17-9)21-3)19-13(20)8-11-4-6-12(16)7-5-11/h4-7H,8H2,1-3H3,(H,19,20). The van der Waals surface area contributed by atoms with Gasteiger partial charge in [-0.3, -0.25) is 4.79 Å². The van der Waals surface area contributed by atoms with Crippen LogP contribution in [0.25, 0.3) is 0 Å². The van der Waals surface area contributed by atoms with Crippen molar-refractivity contribution in [3.8, 4) is 6.01 Å². The van der Waals surface area contributed by atoms with Crippen molar-refractivity contribution in [1.82, 2.24) is 9.97 Å². The number of benzene rings is 1. The number of hydrogen-bond donors (Lipinski definition) is 1. The molecule has 110 valence electrons. The van der Waals surface area contributed by atoms with Crippen LogP contribution in [0, 0.1) is 13.8 Å². The van der Waals surface area contributed by atoms with Gasteiger partial charge < -0.3 is 10.1 Å². The molecule has 0 unspecified atom stereocenters. The highest BCUT2D eigenvalue weighted by Crippen LogP contribution is 2.19. The number of aromatic nitrogens is 2. The van der Waals surface area contributed by atoms with Crippen LogP contribution in [0.15, 0.2) is 24.3 Å². The Kier molecular flexibility index (Phi) is 4.75. The van der Waals surface area contributed by atoms with Gasteiger partial charge in [-0.05, 0) is 31.5 Å². The first-order valence-electron chi connectivity index (χ1n) is 6.43. The zero-order valence-electron chi connectivity index (χ0n) is 12.1. The van der Waals surface area contributed by atoms with E-state index in [-0.39, 0.29) is 12.3 Å². The lowest BCUT2D eigenvalue weighted by Gasteiger charge is -2.11. The minimum atomic E-state index is -0.128. The summed E-state index contributed by atoms with van der Waals surface area (Å²) in [5, 5.41) is 3.49. The molecule has 2 rings (SSSR count). The lowest BCUT2D eigenvalue weighted by Crippen LogP contribution is -2.17. The monoisotopic (exact) mass is 305 g/mol. The minimum absolute atomic E-state index is 0.128. The molecule has 0 aliphatic heterocycles. The van der Waals surface area contributed by atoms with E-state index in [1.807, 2.05) is 12.1 Å². The third-order valence-corrected chi connectivity index (χ3v) is 3.23. The molecule has 0 aliphatic rings. The fraction of sp³-hybridized carbons (Fsp3) is 0.267. The Bertz CT molecular complexity index is 633. The van der Waals surface area contributed by atoms with Crippen LogP contribution < -0.4 is 10.1 Å². The molecule has 0 spiro atoms. The molecule has 0 aliphatic carbocycles. The molecule has 0 saturated heterocycles. The van der Waals surface area contributed by atoms with Gasteiger partial charge in [-0.25, -0.2) is 0 Å². The van der Waals surface area contributed by atoms with Gasteiger partial charge in [-0.2, -0.15) is 9.97 Å². The third kappa shape index (κ3) is 3.92. The third-order valence-electron chi connectivity index (χ3n) is 2.98. The topological polar surface area (TPSA) is 64.1 Å². The van der Waals surface area contributed by atoms with E-state index in [0.29, 0.717) is 28.1 Å². The summed E-state index contributed by atoms with van der Waals surface area (Å²) in [5.41, 5.74) is 2.85. The second-order valence-corrected chi connectivity index (χ2v) is 5.04. The summed E-state index contributed by atoms with van der Waals surface area (Å²) in [5.74, 6) is -0.128. The first-order valence-corrected chi connectivity index (χ1v) is 6.81. The molecule has 0 fully saturated rings. The number of rotatable bonds is 4. The van der Waals surface area contributed by atoms with Crippen LogP contribution in [0.1, 0.15) is 17.0 Å². The molecule has 1 amide bonds. The summed E-state index contributed by atoms with van der Waals surface area (Å²) in [7, 11) is 1.51. The molecule has 21 heavy (non-hydrogen) atoms. The molecule has 1 aromatic carbocycles. The summed E-state index contributed by atoms with van der Waals surface area (Å²) in [6.07, 6.45) is 0.266. The van der Waals surface area contributed by atoms with Crippen molar-refractivity contribution in [2.24, 2.45) is 0 Å². The number of carbonyl (C=O) groups excluding carboxylic acids is 1. The van der Waals surface area contributed by atoms with Crippen molar-refractivity contribution in [1.29, 1.82) is 0 Å². The van der Waals surface area contributed by atoms with E-state index < -0.39 is 0 Å². The molecular formula is C15H16ClN3O2. The predicted octanol–water partition coefficient (Wildman–Crippen LogP) is 2.94. The Hall–Kier alpha value is -2.14. The van der Waals surface area contributed by atoms with E-state index in [2.05, 4.69) is 15.3 Å². The van der Waals surface area contributed by atoms with Gasteiger partial charge in [-0.15, -0.1) is 0 Å². The van der Waals surface area contributed by atoms with Gasteiger partial charge in [0.05, 0.1) is 30.6 Å². The molecule has 0 saturated carbocycles. The van der Waals surface area contributed by atoms with Gasteiger partial charge in [0.2, 0.25) is 5.91 Å². The lowest BCUT2D eigenvalue weighted by molar-refractivity contribution is -0.115. The zero-order chi connectivity index (χ0) is 15.4. The second kappa shape index (κ2) is 6.54. The highest BCUT2D eigenvalue weighted by atomic mass is 35.5. The van der Waals surface area contributed by atoms with E-state index in [0.717, 1.165) is 5.56 Å². The summed E-state index contributed by atoms with van der Waals surface area (Å²) >= 11 is 5.82. The maximum atomic E-state index is 12.1. The normalized spacial score (nSPS) is 10.3. The quantitative estimate of drug-likeness (QED) is 0.943. The molecule has 1 N–H and O–H groups in total. The maximum absolute atomic E-state index is 12.1. The average Bonchev–Trinajstić information content (AvgIpc) is 2.45. The Morgan fingerprint density at radius 1 is 1.19 bits per heavy atom. The number of amides is 1. The summed E-state index contributed by atoms with van der Waals surface area (Å²) in [6, 6.07) is 7.47. The van der Waals surface area contributed by atoms with Crippen LogP contribution in [0.4, 0.5) is 5.69 Å². The van der Waals surface area contributed by atoms with E-state index in [9.17, 15) is 4.79 Å². The zero-order valence-corrected chi connectivity index (χ0v) is 12.9. The van der Waals surface area contributed by atoms with E-state index in [4.69, 9.17) is 16.3 Å². The Morgan fingerprint density at radius 3 is 2.29 bits per heavy atom. The molecule has 1 heterocycles. The molecule has 5 nitrogen and oxygen atoms in total. The molecule has 6 heteroatoms. The predicted molar refractivity (Wildman–Crippen MR) is 81.8 cm³/mol. The molecule has 2 aromatic rings. The number of hydrogen-bond acceptors (Lipinski definition) is 4. The second-order valence-electron chi connectivity index (χ2n) is 4.61.